The molecule has 2 aromatic carbocycles. The van der Waals surface area contributed by atoms with Crippen molar-refractivity contribution in [3.63, 3.8) is 0 Å². The van der Waals surface area contributed by atoms with Crippen molar-refractivity contribution in [1.82, 2.24) is 15.1 Å². The van der Waals surface area contributed by atoms with Gasteiger partial charge in [0.25, 0.3) is 0 Å². The standard InChI is InChI=1S/C26H26FN5O3/c1-35-22-8-2-18(3-9-22)23-10-11-24(29-28-23)30-12-14-31(15-13-30)26(34)19-16-25(33)32(17-19)21-6-4-20(27)5-7-21/h2-11,19H,12-17H2,1H3. The Balaban J connectivity index is 1.17. The van der Waals surface area contributed by atoms with Crippen molar-refractivity contribution in [2.45, 2.75) is 6.42 Å². The number of hydrogen-bond donors (Lipinski definition) is 0. The Morgan fingerprint density at radius 3 is 2.29 bits per heavy atom. The molecule has 2 fully saturated rings. The topological polar surface area (TPSA) is 78.9 Å². The van der Waals surface area contributed by atoms with E-state index in [9.17, 15) is 14.0 Å². The lowest BCUT2D eigenvalue weighted by atomic mass is 10.1. The zero-order valence-corrected chi connectivity index (χ0v) is 19.4. The second-order valence-corrected chi connectivity index (χ2v) is 8.70. The highest BCUT2D eigenvalue weighted by atomic mass is 19.1. The predicted octanol–water partition coefficient (Wildman–Crippen LogP) is 2.99. The van der Waals surface area contributed by atoms with Crippen molar-refractivity contribution in [3.8, 4) is 17.0 Å². The number of aromatic nitrogens is 2. The van der Waals surface area contributed by atoms with E-state index in [-0.39, 0.29) is 30.0 Å². The number of piperazine rings is 1. The van der Waals surface area contributed by atoms with Gasteiger partial charge in [-0.1, -0.05) is 0 Å². The monoisotopic (exact) mass is 475 g/mol. The minimum absolute atomic E-state index is 0.0106. The molecule has 2 aliphatic heterocycles. The number of amides is 2. The highest BCUT2D eigenvalue weighted by molar-refractivity contribution is 6.00. The van der Waals surface area contributed by atoms with Gasteiger partial charge >= 0.3 is 0 Å². The number of anilines is 2. The first-order valence-electron chi connectivity index (χ1n) is 11.6. The maximum Gasteiger partial charge on any atom is 0.228 e. The van der Waals surface area contributed by atoms with Crippen molar-refractivity contribution in [3.05, 3.63) is 66.5 Å². The Morgan fingerprint density at radius 2 is 1.66 bits per heavy atom. The van der Waals surface area contributed by atoms with Gasteiger partial charge in [-0.15, -0.1) is 10.2 Å². The molecule has 1 aromatic heterocycles. The molecule has 3 aromatic rings. The smallest absolute Gasteiger partial charge is 0.228 e. The molecule has 0 spiro atoms. The van der Waals surface area contributed by atoms with Crippen LogP contribution in [0, 0.1) is 11.7 Å². The largest absolute Gasteiger partial charge is 0.497 e. The number of halogens is 1. The molecule has 1 atom stereocenters. The summed E-state index contributed by atoms with van der Waals surface area (Å²) >= 11 is 0. The third kappa shape index (κ3) is 4.80. The number of methoxy groups -OCH3 is 1. The SMILES string of the molecule is COc1ccc(-c2ccc(N3CCN(C(=O)C4CC(=O)N(c5ccc(F)cc5)C4)CC3)nn2)cc1. The van der Waals surface area contributed by atoms with E-state index in [1.54, 1.807) is 24.1 Å². The lowest BCUT2D eigenvalue weighted by Crippen LogP contribution is -2.51. The molecule has 2 aliphatic rings. The molecule has 0 aliphatic carbocycles. The van der Waals surface area contributed by atoms with Crippen LogP contribution in [0.2, 0.25) is 0 Å². The van der Waals surface area contributed by atoms with Gasteiger partial charge in [-0.05, 0) is 60.7 Å². The number of carbonyl (C=O) groups is 2. The summed E-state index contributed by atoms with van der Waals surface area (Å²) in [5, 5.41) is 8.76. The van der Waals surface area contributed by atoms with E-state index in [2.05, 4.69) is 15.1 Å². The molecule has 5 rings (SSSR count). The van der Waals surface area contributed by atoms with Crippen LogP contribution in [-0.4, -0.2) is 66.7 Å². The molecule has 0 radical (unpaired) electrons. The van der Waals surface area contributed by atoms with E-state index in [0.717, 1.165) is 22.8 Å². The van der Waals surface area contributed by atoms with Crippen molar-refractivity contribution in [2.75, 3.05) is 49.6 Å². The fraction of sp³-hybridized carbons (Fsp3) is 0.308. The molecule has 2 amide bonds. The number of nitrogens with zero attached hydrogens (tertiary/aromatic N) is 5. The zero-order valence-electron chi connectivity index (χ0n) is 19.4. The average Bonchev–Trinajstić information content (AvgIpc) is 3.30. The van der Waals surface area contributed by atoms with Crippen LogP contribution in [0.15, 0.2) is 60.7 Å². The minimum atomic E-state index is -0.386. The second-order valence-electron chi connectivity index (χ2n) is 8.70. The van der Waals surface area contributed by atoms with Crippen molar-refractivity contribution < 1.29 is 18.7 Å². The van der Waals surface area contributed by atoms with Gasteiger partial charge in [0.2, 0.25) is 11.8 Å². The molecule has 1 unspecified atom stereocenters. The minimum Gasteiger partial charge on any atom is -0.497 e. The summed E-state index contributed by atoms with van der Waals surface area (Å²) in [5.74, 6) is 0.696. The fourth-order valence-corrected chi connectivity index (χ4v) is 4.57. The Morgan fingerprint density at radius 1 is 0.943 bits per heavy atom. The number of rotatable bonds is 5. The summed E-state index contributed by atoms with van der Waals surface area (Å²) in [6, 6.07) is 17.3. The van der Waals surface area contributed by atoms with Crippen LogP contribution in [0.25, 0.3) is 11.3 Å². The number of ether oxygens (including phenoxy) is 1. The quantitative estimate of drug-likeness (QED) is 0.565. The van der Waals surface area contributed by atoms with Gasteiger partial charge in [0.15, 0.2) is 5.82 Å². The highest BCUT2D eigenvalue weighted by Crippen LogP contribution is 2.27. The van der Waals surface area contributed by atoms with Crippen LogP contribution in [0.5, 0.6) is 5.75 Å². The average molecular weight is 476 g/mol. The molecular weight excluding hydrogens is 449 g/mol. The van der Waals surface area contributed by atoms with Gasteiger partial charge in [-0.2, -0.15) is 0 Å². The number of benzene rings is 2. The summed E-state index contributed by atoms with van der Waals surface area (Å²) in [6.07, 6.45) is 0.175. The first kappa shape index (κ1) is 22.8. The predicted molar refractivity (Wildman–Crippen MR) is 130 cm³/mol. The molecule has 2 saturated heterocycles. The third-order valence-corrected chi connectivity index (χ3v) is 6.56. The summed E-state index contributed by atoms with van der Waals surface area (Å²) < 4.78 is 18.4. The van der Waals surface area contributed by atoms with Gasteiger partial charge in [0.05, 0.1) is 18.7 Å². The second kappa shape index (κ2) is 9.69. The Hall–Kier alpha value is -4.01. The molecule has 8 nitrogen and oxygen atoms in total. The lowest BCUT2D eigenvalue weighted by Gasteiger charge is -2.36. The van der Waals surface area contributed by atoms with Gasteiger partial charge < -0.3 is 19.4 Å². The van der Waals surface area contributed by atoms with Crippen LogP contribution in [0.1, 0.15) is 6.42 Å². The summed E-state index contributed by atoms with van der Waals surface area (Å²) in [6.45, 7) is 2.72. The summed E-state index contributed by atoms with van der Waals surface area (Å²) in [7, 11) is 1.63. The van der Waals surface area contributed by atoms with E-state index in [4.69, 9.17) is 4.74 Å². The summed E-state index contributed by atoms with van der Waals surface area (Å²) in [5.41, 5.74) is 2.36. The molecule has 0 N–H and O–H groups in total. The third-order valence-electron chi connectivity index (χ3n) is 6.56. The van der Waals surface area contributed by atoms with Gasteiger partial charge in [-0.25, -0.2) is 4.39 Å². The van der Waals surface area contributed by atoms with Gasteiger partial charge in [0.1, 0.15) is 11.6 Å². The van der Waals surface area contributed by atoms with Gasteiger partial charge in [0, 0.05) is 50.4 Å². The first-order chi connectivity index (χ1) is 17.0. The van der Waals surface area contributed by atoms with E-state index in [1.807, 2.05) is 41.3 Å². The maximum atomic E-state index is 13.2. The van der Waals surface area contributed by atoms with Crippen LogP contribution in [0.3, 0.4) is 0 Å². The number of hydrogen-bond acceptors (Lipinski definition) is 6. The van der Waals surface area contributed by atoms with Crippen LogP contribution >= 0.6 is 0 Å². The van der Waals surface area contributed by atoms with Crippen molar-refractivity contribution in [1.29, 1.82) is 0 Å². The maximum absolute atomic E-state index is 13.2. The first-order valence-corrected chi connectivity index (χ1v) is 11.6. The molecule has 0 bridgehead atoms. The normalized spacial score (nSPS) is 18.2. The highest BCUT2D eigenvalue weighted by Gasteiger charge is 2.38. The van der Waals surface area contributed by atoms with Crippen LogP contribution in [-0.2, 0) is 9.59 Å². The molecule has 0 saturated carbocycles. The van der Waals surface area contributed by atoms with Gasteiger partial charge in [-0.3, -0.25) is 9.59 Å². The Bertz CT molecular complexity index is 1190. The fourth-order valence-electron chi connectivity index (χ4n) is 4.57. The molecule has 180 valence electrons. The zero-order chi connectivity index (χ0) is 24.4. The van der Waals surface area contributed by atoms with Crippen LogP contribution in [0.4, 0.5) is 15.9 Å². The Kier molecular flexibility index (Phi) is 6.31. The van der Waals surface area contributed by atoms with Crippen molar-refractivity contribution in [2.24, 2.45) is 5.92 Å². The molecule has 9 heteroatoms. The number of carbonyl (C=O) groups excluding carboxylic acids is 2. The van der Waals surface area contributed by atoms with E-state index in [1.165, 1.54) is 12.1 Å². The van der Waals surface area contributed by atoms with E-state index in [0.29, 0.717) is 38.4 Å². The van der Waals surface area contributed by atoms with Crippen LogP contribution < -0.4 is 14.5 Å². The van der Waals surface area contributed by atoms with E-state index < -0.39 is 0 Å². The van der Waals surface area contributed by atoms with Crippen molar-refractivity contribution >= 4 is 23.3 Å². The summed E-state index contributed by atoms with van der Waals surface area (Å²) in [4.78, 5) is 31.1. The Labute approximate surface area is 202 Å². The lowest BCUT2D eigenvalue weighted by molar-refractivity contribution is -0.136. The molecule has 35 heavy (non-hydrogen) atoms. The van der Waals surface area contributed by atoms with E-state index >= 15 is 0 Å². The molecule has 3 heterocycles. The molecular formula is C26H26FN5O3.